The standard InChI is InChI=1S/C21H35N3O3.HI/c1-22-21(24-13-7-15-26-18-20-10-5-16-27-20)23-12-6-14-25-17-11-19-8-3-2-4-9-19;/h2-4,8-9,20H,5-7,10-18H2,1H3,(H2,22,23,24);1H. The molecule has 1 aliphatic heterocycles. The van der Waals surface area contributed by atoms with Crippen LogP contribution >= 0.6 is 24.0 Å². The van der Waals surface area contributed by atoms with E-state index in [1.54, 1.807) is 7.05 Å². The van der Waals surface area contributed by atoms with Crippen LogP contribution < -0.4 is 10.6 Å². The molecule has 28 heavy (non-hydrogen) atoms. The second kappa shape index (κ2) is 17.0. The first-order valence-electron chi connectivity index (χ1n) is 10.1. The first-order chi connectivity index (χ1) is 13.4. The minimum atomic E-state index is 0. The highest BCUT2D eigenvalue weighted by Gasteiger charge is 2.14. The van der Waals surface area contributed by atoms with E-state index in [0.29, 0.717) is 6.10 Å². The highest BCUT2D eigenvalue weighted by Crippen LogP contribution is 2.11. The van der Waals surface area contributed by atoms with Gasteiger partial charge < -0.3 is 24.8 Å². The van der Waals surface area contributed by atoms with E-state index in [-0.39, 0.29) is 24.0 Å². The molecule has 1 aliphatic rings. The van der Waals surface area contributed by atoms with Crippen molar-refractivity contribution in [2.45, 2.75) is 38.2 Å². The molecule has 0 amide bonds. The smallest absolute Gasteiger partial charge is 0.190 e. The maximum Gasteiger partial charge on any atom is 0.190 e. The summed E-state index contributed by atoms with van der Waals surface area (Å²) in [7, 11) is 1.79. The number of benzene rings is 1. The van der Waals surface area contributed by atoms with Gasteiger partial charge in [0.25, 0.3) is 0 Å². The molecule has 2 N–H and O–H groups in total. The fraction of sp³-hybridized carbons (Fsp3) is 0.667. The van der Waals surface area contributed by atoms with Crippen molar-refractivity contribution in [1.29, 1.82) is 0 Å². The first-order valence-corrected chi connectivity index (χ1v) is 10.1. The molecule has 0 aliphatic carbocycles. The Hall–Kier alpha value is -0.900. The Balaban J connectivity index is 0.00000392. The van der Waals surface area contributed by atoms with Crippen LogP contribution in [0, 0.1) is 0 Å². The summed E-state index contributed by atoms with van der Waals surface area (Å²) in [6.45, 7) is 5.57. The third-order valence-corrected chi connectivity index (χ3v) is 4.45. The summed E-state index contributed by atoms with van der Waals surface area (Å²) in [4.78, 5) is 4.24. The van der Waals surface area contributed by atoms with Crippen LogP contribution in [0.2, 0.25) is 0 Å². The van der Waals surface area contributed by atoms with Crippen LogP contribution in [0.25, 0.3) is 0 Å². The van der Waals surface area contributed by atoms with E-state index in [4.69, 9.17) is 14.2 Å². The third kappa shape index (κ3) is 11.8. The third-order valence-electron chi connectivity index (χ3n) is 4.45. The zero-order chi connectivity index (χ0) is 19.0. The Morgan fingerprint density at radius 2 is 1.79 bits per heavy atom. The molecular formula is C21H36IN3O3. The van der Waals surface area contributed by atoms with Gasteiger partial charge in [0.15, 0.2) is 5.96 Å². The molecule has 160 valence electrons. The van der Waals surface area contributed by atoms with E-state index in [1.165, 1.54) is 5.56 Å². The molecule has 1 saturated heterocycles. The average molecular weight is 505 g/mol. The molecular weight excluding hydrogens is 469 g/mol. The number of rotatable bonds is 13. The van der Waals surface area contributed by atoms with Crippen molar-refractivity contribution >= 4 is 29.9 Å². The highest BCUT2D eigenvalue weighted by molar-refractivity contribution is 14.0. The van der Waals surface area contributed by atoms with Gasteiger partial charge in [0, 0.05) is 40.0 Å². The number of nitrogens with zero attached hydrogens (tertiary/aromatic N) is 1. The normalized spacial score (nSPS) is 16.6. The molecule has 0 radical (unpaired) electrons. The van der Waals surface area contributed by atoms with Crippen LogP contribution in [0.4, 0.5) is 0 Å². The lowest BCUT2D eigenvalue weighted by molar-refractivity contribution is 0.0168. The maximum atomic E-state index is 5.69. The average Bonchev–Trinajstić information content (AvgIpc) is 3.22. The van der Waals surface area contributed by atoms with E-state index in [1.807, 2.05) is 6.07 Å². The van der Waals surface area contributed by atoms with Gasteiger partial charge in [-0.1, -0.05) is 30.3 Å². The van der Waals surface area contributed by atoms with Gasteiger partial charge in [-0.3, -0.25) is 4.99 Å². The van der Waals surface area contributed by atoms with Gasteiger partial charge in [0.1, 0.15) is 0 Å². The molecule has 0 spiro atoms. The molecule has 1 aromatic rings. The van der Waals surface area contributed by atoms with Crippen LogP contribution in [0.1, 0.15) is 31.2 Å². The zero-order valence-electron chi connectivity index (χ0n) is 17.0. The van der Waals surface area contributed by atoms with Gasteiger partial charge in [-0.05, 0) is 37.7 Å². The Morgan fingerprint density at radius 1 is 1.07 bits per heavy atom. The van der Waals surface area contributed by atoms with E-state index >= 15 is 0 Å². The van der Waals surface area contributed by atoms with Gasteiger partial charge in [0.05, 0.1) is 19.3 Å². The number of aliphatic imine (C=N–C) groups is 1. The maximum absolute atomic E-state index is 5.69. The fourth-order valence-corrected chi connectivity index (χ4v) is 2.91. The molecule has 2 rings (SSSR count). The Morgan fingerprint density at radius 3 is 2.43 bits per heavy atom. The summed E-state index contributed by atoms with van der Waals surface area (Å²) >= 11 is 0. The molecule has 1 unspecified atom stereocenters. The van der Waals surface area contributed by atoms with Crippen LogP contribution in [0.3, 0.4) is 0 Å². The Bertz CT molecular complexity index is 511. The van der Waals surface area contributed by atoms with E-state index < -0.39 is 0 Å². The lowest BCUT2D eigenvalue weighted by Crippen LogP contribution is -2.38. The minimum Gasteiger partial charge on any atom is -0.381 e. The van der Waals surface area contributed by atoms with Gasteiger partial charge in [0.2, 0.25) is 0 Å². The summed E-state index contributed by atoms with van der Waals surface area (Å²) in [5.41, 5.74) is 1.32. The summed E-state index contributed by atoms with van der Waals surface area (Å²) in [6.07, 6.45) is 5.48. The summed E-state index contributed by atoms with van der Waals surface area (Å²) in [5.74, 6) is 0.832. The van der Waals surface area contributed by atoms with E-state index in [0.717, 1.165) is 84.2 Å². The van der Waals surface area contributed by atoms with Crippen LogP contribution in [-0.4, -0.2) is 65.2 Å². The SMILES string of the molecule is CN=C(NCCCOCCc1ccccc1)NCCCOCC1CCCO1.I. The van der Waals surface area contributed by atoms with Crippen LogP contribution in [-0.2, 0) is 20.6 Å². The minimum absolute atomic E-state index is 0. The first kappa shape index (κ1) is 25.1. The largest absolute Gasteiger partial charge is 0.381 e. The lowest BCUT2D eigenvalue weighted by Gasteiger charge is -2.13. The van der Waals surface area contributed by atoms with Gasteiger partial charge >= 0.3 is 0 Å². The predicted molar refractivity (Wildman–Crippen MR) is 125 cm³/mol. The number of guanidine groups is 1. The van der Waals surface area contributed by atoms with Gasteiger partial charge in [-0.2, -0.15) is 0 Å². The molecule has 0 bridgehead atoms. The molecule has 7 heteroatoms. The zero-order valence-corrected chi connectivity index (χ0v) is 19.4. The molecule has 1 fully saturated rings. The number of nitrogens with one attached hydrogen (secondary N) is 2. The lowest BCUT2D eigenvalue weighted by atomic mass is 10.2. The van der Waals surface area contributed by atoms with Crippen molar-refractivity contribution < 1.29 is 14.2 Å². The topological polar surface area (TPSA) is 64.1 Å². The number of halogens is 1. The fourth-order valence-electron chi connectivity index (χ4n) is 2.91. The molecule has 0 aromatic heterocycles. The number of hydrogen-bond donors (Lipinski definition) is 2. The van der Waals surface area contributed by atoms with Gasteiger partial charge in [-0.25, -0.2) is 0 Å². The molecule has 0 saturated carbocycles. The van der Waals surface area contributed by atoms with E-state index in [9.17, 15) is 0 Å². The summed E-state index contributed by atoms with van der Waals surface area (Å²) < 4.78 is 16.9. The van der Waals surface area contributed by atoms with Crippen molar-refractivity contribution in [2.75, 3.05) is 53.2 Å². The summed E-state index contributed by atoms with van der Waals surface area (Å²) in [6, 6.07) is 10.4. The monoisotopic (exact) mass is 505 g/mol. The molecule has 1 aromatic carbocycles. The number of hydrogen-bond acceptors (Lipinski definition) is 4. The molecule has 1 heterocycles. The predicted octanol–water partition coefficient (Wildman–Crippen LogP) is 3.00. The molecule has 1 atom stereocenters. The van der Waals surface area contributed by atoms with Crippen molar-refractivity contribution in [1.82, 2.24) is 10.6 Å². The highest BCUT2D eigenvalue weighted by atomic mass is 127. The molecule has 6 nitrogen and oxygen atoms in total. The van der Waals surface area contributed by atoms with Crippen LogP contribution in [0.15, 0.2) is 35.3 Å². The van der Waals surface area contributed by atoms with E-state index in [2.05, 4.69) is 39.9 Å². The van der Waals surface area contributed by atoms with Crippen molar-refractivity contribution in [3.8, 4) is 0 Å². The Labute approximate surface area is 186 Å². The number of ether oxygens (including phenoxy) is 3. The van der Waals surface area contributed by atoms with Crippen LogP contribution in [0.5, 0.6) is 0 Å². The van der Waals surface area contributed by atoms with Crippen molar-refractivity contribution in [3.63, 3.8) is 0 Å². The quantitative estimate of drug-likeness (QED) is 0.187. The van der Waals surface area contributed by atoms with Crippen molar-refractivity contribution in [2.24, 2.45) is 4.99 Å². The summed E-state index contributed by atoms with van der Waals surface area (Å²) in [5, 5.41) is 6.62. The second-order valence-electron chi connectivity index (χ2n) is 6.69. The van der Waals surface area contributed by atoms with Gasteiger partial charge in [-0.15, -0.1) is 24.0 Å². The van der Waals surface area contributed by atoms with Crippen molar-refractivity contribution in [3.05, 3.63) is 35.9 Å². The Kier molecular flexibility index (Phi) is 15.3. The second-order valence-corrected chi connectivity index (χ2v) is 6.69.